The number of nitrogens with two attached hydrogens (primary N) is 1. The lowest BCUT2D eigenvalue weighted by molar-refractivity contribution is 0.364. The van der Waals surface area contributed by atoms with Crippen LogP contribution in [0, 0.1) is 0 Å². The second-order valence-corrected chi connectivity index (χ2v) is 3.75. The minimum absolute atomic E-state index is 0.611. The summed E-state index contributed by atoms with van der Waals surface area (Å²) in [4.78, 5) is 2.15. The number of benzene rings is 1. The molecule has 0 aliphatic carbocycles. The van der Waals surface area contributed by atoms with Gasteiger partial charge in [0.25, 0.3) is 0 Å². The predicted octanol–water partition coefficient (Wildman–Crippen LogP) is 2.54. The molecule has 0 radical (unpaired) electrons. The smallest absolute Gasteiger partial charge is 0.0635 e. The third kappa shape index (κ3) is 3.05. The molecule has 0 atom stereocenters. The summed E-state index contributed by atoms with van der Waals surface area (Å²) in [5.74, 6) is 0. The quantitative estimate of drug-likeness (QED) is 0.612. The van der Waals surface area contributed by atoms with Gasteiger partial charge >= 0.3 is 0 Å². The molecule has 0 aliphatic heterocycles. The molecule has 3 heteroatoms. The average Bonchev–Trinajstić information content (AvgIpc) is 2.12. The van der Waals surface area contributed by atoms with E-state index in [0.717, 1.165) is 18.7 Å². The Hall–Kier alpha value is -0.990. The molecule has 2 nitrogen and oxygen atoms in total. The molecule has 1 rings (SSSR count). The molecule has 0 amide bonds. The van der Waals surface area contributed by atoms with Crippen molar-refractivity contribution < 1.29 is 0 Å². The Bertz CT molecular complexity index is 323. The zero-order valence-electron chi connectivity index (χ0n) is 8.33. The number of nitrogen functional groups attached to an aromatic ring is 1. The SMILES string of the molecule is C=CCN(C)Cc1ccc(Cl)c(N)c1. The van der Waals surface area contributed by atoms with Crippen molar-refractivity contribution in [3.05, 3.63) is 41.4 Å². The van der Waals surface area contributed by atoms with E-state index in [-0.39, 0.29) is 0 Å². The molecule has 0 spiro atoms. The van der Waals surface area contributed by atoms with Crippen molar-refractivity contribution in [3.8, 4) is 0 Å². The van der Waals surface area contributed by atoms with E-state index in [9.17, 15) is 0 Å². The number of halogens is 1. The third-order valence-electron chi connectivity index (χ3n) is 1.95. The molecule has 76 valence electrons. The van der Waals surface area contributed by atoms with Crippen molar-refractivity contribution >= 4 is 17.3 Å². The predicted molar refractivity (Wildman–Crippen MR) is 62.4 cm³/mol. The molecule has 1 aromatic rings. The van der Waals surface area contributed by atoms with Crippen LogP contribution in [0.5, 0.6) is 0 Å². The maximum atomic E-state index is 5.82. The molecule has 0 fully saturated rings. The first-order chi connectivity index (χ1) is 6.63. The number of likely N-dealkylation sites (N-methyl/N-ethyl adjacent to an activating group) is 1. The van der Waals surface area contributed by atoms with E-state index in [1.165, 1.54) is 0 Å². The first-order valence-corrected chi connectivity index (χ1v) is 4.84. The topological polar surface area (TPSA) is 29.3 Å². The zero-order chi connectivity index (χ0) is 10.6. The van der Waals surface area contributed by atoms with Crippen molar-refractivity contribution in [1.29, 1.82) is 0 Å². The second kappa shape index (κ2) is 5.03. The minimum atomic E-state index is 0.611. The molecule has 0 unspecified atom stereocenters. The van der Waals surface area contributed by atoms with Crippen LogP contribution in [0.1, 0.15) is 5.56 Å². The van der Waals surface area contributed by atoms with Gasteiger partial charge in [-0.1, -0.05) is 23.7 Å². The van der Waals surface area contributed by atoms with Gasteiger partial charge in [0, 0.05) is 13.1 Å². The van der Waals surface area contributed by atoms with Crippen molar-refractivity contribution in [1.82, 2.24) is 4.90 Å². The molecular weight excluding hydrogens is 196 g/mol. The van der Waals surface area contributed by atoms with Crippen molar-refractivity contribution in [2.45, 2.75) is 6.54 Å². The van der Waals surface area contributed by atoms with Gasteiger partial charge in [-0.15, -0.1) is 6.58 Å². The van der Waals surface area contributed by atoms with Gasteiger partial charge in [0.05, 0.1) is 10.7 Å². The maximum Gasteiger partial charge on any atom is 0.0635 e. The van der Waals surface area contributed by atoms with Gasteiger partial charge in [0.15, 0.2) is 0 Å². The van der Waals surface area contributed by atoms with Crippen LogP contribution in [0.3, 0.4) is 0 Å². The summed E-state index contributed by atoms with van der Waals surface area (Å²) >= 11 is 5.82. The van der Waals surface area contributed by atoms with Crippen LogP contribution < -0.4 is 5.73 Å². The highest BCUT2D eigenvalue weighted by molar-refractivity contribution is 6.33. The van der Waals surface area contributed by atoms with Crippen molar-refractivity contribution in [2.24, 2.45) is 0 Å². The third-order valence-corrected chi connectivity index (χ3v) is 2.30. The highest BCUT2D eigenvalue weighted by Gasteiger charge is 2.00. The largest absolute Gasteiger partial charge is 0.398 e. The van der Waals surface area contributed by atoms with E-state index in [4.69, 9.17) is 17.3 Å². The van der Waals surface area contributed by atoms with Crippen LogP contribution in [0.15, 0.2) is 30.9 Å². The standard InChI is InChI=1S/C11H15ClN2/c1-3-6-14(2)8-9-4-5-10(12)11(13)7-9/h3-5,7H,1,6,8,13H2,2H3. The summed E-state index contributed by atoms with van der Waals surface area (Å²) in [7, 11) is 2.03. The summed E-state index contributed by atoms with van der Waals surface area (Å²) in [6, 6.07) is 5.72. The molecule has 0 bridgehead atoms. The number of nitrogens with zero attached hydrogens (tertiary/aromatic N) is 1. The Kier molecular flexibility index (Phi) is 3.98. The molecule has 2 N–H and O–H groups in total. The summed E-state index contributed by atoms with van der Waals surface area (Å²) < 4.78 is 0. The summed E-state index contributed by atoms with van der Waals surface area (Å²) in [5.41, 5.74) is 7.50. The monoisotopic (exact) mass is 210 g/mol. The normalized spacial score (nSPS) is 10.5. The molecule has 0 heterocycles. The lowest BCUT2D eigenvalue weighted by Crippen LogP contribution is -2.17. The summed E-state index contributed by atoms with van der Waals surface area (Å²) in [6.45, 7) is 5.40. The molecular formula is C11H15ClN2. The van der Waals surface area contributed by atoms with Crippen LogP contribution in [0.25, 0.3) is 0 Å². The Morgan fingerprint density at radius 1 is 1.57 bits per heavy atom. The van der Waals surface area contributed by atoms with Crippen LogP contribution in [0.4, 0.5) is 5.69 Å². The van der Waals surface area contributed by atoms with Gasteiger partial charge in [-0.2, -0.15) is 0 Å². The zero-order valence-corrected chi connectivity index (χ0v) is 9.09. The van der Waals surface area contributed by atoms with Crippen LogP contribution >= 0.6 is 11.6 Å². The molecule has 14 heavy (non-hydrogen) atoms. The minimum Gasteiger partial charge on any atom is -0.398 e. The maximum absolute atomic E-state index is 5.82. The molecule has 0 saturated heterocycles. The van der Waals surface area contributed by atoms with E-state index >= 15 is 0 Å². The second-order valence-electron chi connectivity index (χ2n) is 3.34. The van der Waals surface area contributed by atoms with E-state index in [2.05, 4.69) is 11.5 Å². The van der Waals surface area contributed by atoms with Gasteiger partial charge in [0.1, 0.15) is 0 Å². The summed E-state index contributed by atoms with van der Waals surface area (Å²) in [6.07, 6.45) is 1.87. The first kappa shape index (κ1) is 11.1. The summed E-state index contributed by atoms with van der Waals surface area (Å²) in [5, 5.41) is 0.611. The Balaban J connectivity index is 2.67. The van der Waals surface area contributed by atoms with E-state index in [1.807, 2.05) is 31.3 Å². The van der Waals surface area contributed by atoms with E-state index in [0.29, 0.717) is 10.7 Å². The number of rotatable bonds is 4. The fourth-order valence-electron chi connectivity index (χ4n) is 1.29. The Morgan fingerprint density at radius 3 is 2.86 bits per heavy atom. The van der Waals surface area contributed by atoms with Crippen LogP contribution in [0.2, 0.25) is 5.02 Å². The highest BCUT2D eigenvalue weighted by Crippen LogP contribution is 2.19. The number of hydrogen-bond donors (Lipinski definition) is 1. The van der Waals surface area contributed by atoms with Gasteiger partial charge < -0.3 is 5.73 Å². The van der Waals surface area contributed by atoms with Gasteiger partial charge in [0.2, 0.25) is 0 Å². The highest BCUT2D eigenvalue weighted by atomic mass is 35.5. The van der Waals surface area contributed by atoms with Crippen molar-refractivity contribution in [3.63, 3.8) is 0 Å². The lowest BCUT2D eigenvalue weighted by Gasteiger charge is -2.14. The van der Waals surface area contributed by atoms with Crippen LogP contribution in [-0.4, -0.2) is 18.5 Å². The number of hydrogen-bond acceptors (Lipinski definition) is 2. The van der Waals surface area contributed by atoms with Gasteiger partial charge in [-0.3, -0.25) is 4.90 Å². The molecule has 0 aliphatic rings. The fraction of sp³-hybridized carbons (Fsp3) is 0.273. The Morgan fingerprint density at radius 2 is 2.29 bits per heavy atom. The lowest BCUT2D eigenvalue weighted by atomic mass is 10.2. The first-order valence-electron chi connectivity index (χ1n) is 4.47. The average molecular weight is 211 g/mol. The van der Waals surface area contributed by atoms with Gasteiger partial charge in [-0.05, 0) is 24.7 Å². The van der Waals surface area contributed by atoms with E-state index < -0.39 is 0 Å². The number of anilines is 1. The molecule has 1 aromatic carbocycles. The molecule has 0 saturated carbocycles. The van der Waals surface area contributed by atoms with Gasteiger partial charge in [-0.25, -0.2) is 0 Å². The van der Waals surface area contributed by atoms with Crippen LogP contribution in [-0.2, 0) is 6.54 Å². The fourth-order valence-corrected chi connectivity index (χ4v) is 1.41. The van der Waals surface area contributed by atoms with Crippen molar-refractivity contribution in [2.75, 3.05) is 19.3 Å². The van der Waals surface area contributed by atoms with E-state index in [1.54, 1.807) is 0 Å². The molecule has 0 aromatic heterocycles. The Labute approximate surface area is 90.0 Å².